The van der Waals surface area contributed by atoms with Crippen LogP contribution in [0.5, 0.6) is 5.75 Å². The molecule has 0 unspecified atom stereocenters. The summed E-state index contributed by atoms with van der Waals surface area (Å²) in [5, 5.41) is 5.97. The molecular weight excluding hydrogens is 389 g/mol. The van der Waals surface area contributed by atoms with Crippen molar-refractivity contribution in [3.8, 4) is 17.0 Å². The number of aromatic nitrogens is 2. The molecule has 1 N–H and O–H groups in total. The van der Waals surface area contributed by atoms with Gasteiger partial charge in [-0.2, -0.15) is 0 Å². The van der Waals surface area contributed by atoms with E-state index in [1.807, 2.05) is 0 Å². The first-order valence-electron chi connectivity index (χ1n) is 8.14. The van der Waals surface area contributed by atoms with E-state index in [0.717, 1.165) is 0 Å². The Hall–Kier alpha value is -3.26. The van der Waals surface area contributed by atoms with E-state index in [0.29, 0.717) is 22.8 Å². The first kappa shape index (κ1) is 19.5. The van der Waals surface area contributed by atoms with Gasteiger partial charge in [0.1, 0.15) is 28.7 Å². The number of rotatable bonds is 6. The molecule has 0 atom stereocenters. The Balaban J connectivity index is 1.81. The van der Waals surface area contributed by atoms with E-state index < -0.39 is 17.5 Å². The molecule has 3 aromatic rings. The highest BCUT2D eigenvalue weighted by Crippen LogP contribution is 2.30. The van der Waals surface area contributed by atoms with Crippen molar-refractivity contribution in [1.29, 1.82) is 0 Å². The van der Waals surface area contributed by atoms with Crippen molar-refractivity contribution < 1.29 is 23.2 Å². The topological polar surface area (TPSA) is 94.3 Å². The summed E-state index contributed by atoms with van der Waals surface area (Å²) < 4.78 is 23.5. The Bertz CT molecular complexity index is 1050. The highest BCUT2D eigenvalue weighted by molar-refractivity contribution is 6.31. The van der Waals surface area contributed by atoms with Crippen LogP contribution in [-0.4, -0.2) is 35.5 Å². The summed E-state index contributed by atoms with van der Waals surface area (Å²) in [4.78, 5) is 28.7. The number of amides is 1. The lowest BCUT2D eigenvalue weighted by Crippen LogP contribution is -2.30. The lowest BCUT2D eigenvalue weighted by molar-refractivity contribution is 0.0896. The molecule has 7 nitrogen and oxygen atoms in total. The number of ketones is 1. The molecule has 0 fully saturated rings. The Morgan fingerprint density at radius 2 is 2.00 bits per heavy atom. The smallest absolute Gasteiger partial charge is 0.273 e. The zero-order valence-corrected chi connectivity index (χ0v) is 15.7. The van der Waals surface area contributed by atoms with Crippen LogP contribution < -0.4 is 10.1 Å². The summed E-state index contributed by atoms with van der Waals surface area (Å²) in [6.45, 7) is 1.37. The molecule has 2 heterocycles. The van der Waals surface area contributed by atoms with Gasteiger partial charge in [0, 0.05) is 11.6 Å². The van der Waals surface area contributed by atoms with Crippen molar-refractivity contribution in [3.05, 3.63) is 64.4 Å². The van der Waals surface area contributed by atoms with Gasteiger partial charge in [-0.3, -0.25) is 9.59 Å². The maximum absolute atomic E-state index is 13.4. The van der Waals surface area contributed by atoms with Gasteiger partial charge in [0.2, 0.25) is 0 Å². The van der Waals surface area contributed by atoms with E-state index in [1.54, 1.807) is 13.0 Å². The van der Waals surface area contributed by atoms with Crippen LogP contribution in [0.15, 0.2) is 40.9 Å². The van der Waals surface area contributed by atoms with Gasteiger partial charge in [-0.15, -0.1) is 0 Å². The van der Waals surface area contributed by atoms with Crippen LogP contribution >= 0.6 is 11.6 Å². The monoisotopic (exact) mass is 403 g/mol. The number of methoxy groups -OCH3 is 1. The second-order valence-electron chi connectivity index (χ2n) is 5.80. The van der Waals surface area contributed by atoms with Gasteiger partial charge < -0.3 is 14.6 Å². The largest absolute Gasteiger partial charge is 0.494 e. The van der Waals surface area contributed by atoms with Gasteiger partial charge in [0.05, 0.1) is 18.7 Å². The van der Waals surface area contributed by atoms with Gasteiger partial charge in [0.15, 0.2) is 11.5 Å². The second-order valence-corrected chi connectivity index (χ2v) is 6.21. The quantitative estimate of drug-likeness (QED) is 0.633. The number of carbonyl (C=O) groups is 2. The van der Waals surface area contributed by atoms with Gasteiger partial charge in [-0.05, 0) is 37.3 Å². The fourth-order valence-electron chi connectivity index (χ4n) is 2.43. The molecule has 2 aromatic heterocycles. The Morgan fingerprint density at radius 1 is 1.21 bits per heavy atom. The van der Waals surface area contributed by atoms with Crippen molar-refractivity contribution in [2.45, 2.75) is 6.92 Å². The standard InChI is InChI=1S/C19H15ClFN3O4/c1-10-7-15(24-28-10)19(26)22-9-16(25)14-5-6-17(27-2)18(23-14)11-3-4-13(21)12(20)8-11/h3-8H,9H2,1-2H3,(H,22,26). The number of nitrogens with one attached hydrogen (secondary N) is 1. The van der Waals surface area contributed by atoms with Crippen LogP contribution in [0.4, 0.5) is 4.39 Å². The van der Waals surface area contributed by atoms with Gasteiger partial charge in [-0.25, -0.2) is 9.37 Å². The van der Waals surface area contributed by atoms with Gasteiger partial charge in [0.25, 0.3) is 5.91 Å². The zero-order valence-electron chi connectivity index (χ0n) is 15.0. The van der Waals surface area contributed by atoms with Crippen molar-refractivity contribution in [3.63, 3.8) is 0 Å². The molecule has 3 rings (SSSR count). The van der Waals surface area contributed by atoms with E-state index in [4.69, 9.17) is 20.9 Å². The predicted octanol–water partition coefficient (Wildman–Crippen LogP) is 3.46. The minimum Gasteiger partial charge on any atom is -0.494 e. The average molecular weight is 404 g/mol. The van der Waals surface area contributed by atoms with E-state index in [1.165, 1.54) is 37.4 Å². The summed E-state index contributed by atoms with van der Waals surface area (Å²) >= 11 is 5.83. The molecule has 0 saturated heterocycles. The van der Waals surface area contributed by atoms with Gasteiger partial charge >= 0.3 is 0 Å². The first-order chi connectivity index (χ1) is 13.4. The van der Waals surface area contributed by atoms with Crippen molar-refractivity contribution in [2.75, 3.05) is 13.7 Å². The number of nitrogens with zero attached hydrogens (tertiary/aromatic N) is 2. The molecule has 9 heteroatoms. The molecule has 0 aliphatic carbocycles. The normalized spacial score (nSPS) is 10.6. The number of aryl methyl sites for hydroxylation is 1. The molecule has 0 aliphatic heterocycles. The predicted molar refractivity (Wildman–Crippen MR) is 99.1 cm³/mol. The maximum Gasteiger partial charge on any atom is 0.273 e. The summed E-state index contributed by atoms with van der Waals surface area (Å²) in [6, 6.07) is 8.58. The number of pyridine rings is 1. The summed E-state index contributed by atoms with van der Waals surface area (Å²) in [6.07, 6.45) is 0. The van der Waals surface area contributed by atoms with Crippen molar-refractivity contribution in [2.24, 2.45) is 0 Å². The Labute approximate surface area is 164 Å². The number of halogens is 2. The fourth-order valence-corrected chi connectivity index (χ4v) is 2.61. The highest BCUT2D eigenvalue weighted by Gasteiger charge is 2.17. The molecular formula is C19H15ClFN3O4. The van der Waals surface area contributed by atoms with Crippen LogP contribution in [0, 0.1) is 12.7 Å². The third kappa shape index (κ3) is 4.17. The Morgan fingerprint density at radius 3 is 2.64 bits per heavy atom. The molecule has 0 aliphatic rings. The SMILES string of the molecule is COc1ccc(C(=O)CNC(=O)c2cc(C)on2)nc1-c1ccc(F)c(Cl)c1. The molecule has 28 heavy (non-hydrogen) atoms. The third-order valence-electron chi connectivity index (χ3n) is 3.83. The van der Waals surface area contributed by atoms with E-state index >= 15 is 0 Å². The molecule has 144 valence electrons. The van der Waals surface area contributed by atoms with E-state index in [-0.39, 0.29) is 23.0 Å². The van der Waals surface area contributed by atoms with Crippen LogP contribution in [0.1, 0.15) is 26.7 Å². The number of carbonyl (C=O) groups excluding carboxylic acids is 2. The summed E-state index contributed by atoms with van der Waals surface area (Å²) in [7, 11) is 1.45. The Kier molecular flexibility index (Phi) is 5.70. The van der Waals surface area contributed by atoms with E-state index in [2.05, 4.69) is 15.5 Å². The van der Waals surface area contributed by atoms with Gasteiger partial charge in [-0.1, -0.05) is 16.8 Å². The lowest BCUT2D eigenvalue weighted by Gasteiger charge is -2.10. The van der Waals surface area contributed by atoms with Crippen molar-refractivity contribution >= 4 is 23.3 Å². The molecule has 1 aromatic carbocycles. The molecule has 0 saturated carbocycles. The summed E-state index contributed by atoms with van der Waals surface area (Å²) in [5.41, 5.74) is 0.997. The first-order valence-corrected chi connectivity index (χ1v) is 8.52. The van der Waals surface area contributed by atoms with Crippen LogP contribution in [0.25, 0.3) is 11.3 Å². The number of benzene rings is 1. The minimum absolute atomic E-state index is 0.0757. The molecule has 1 amide bonds. The molecule has 0 radical (unpaired) electrons. The molecule has 0 spiro atoms. The highest BCUT2D eigenvalue weighted by atomic mass is 35.5. The van der Waals surface area contributed by atoms with Crippen LogP contribution in [-0.2, 0) is 0 Å². The van der Waals surface area contributed by atoms with Crippen LogP contribution in [0.2, 0.25) is 5.02 Å². The summed E-state index contributed by atoms with van der Waals surface area (Å²) in [5.74, 6) is -0.658. The molecule has 0 bridgehead atoms. The average Bonchev–Trinajstić information content (AvgIpc) is 3.14. The maximum atomic E-state index is 13.4. The number of hydrogen-bond donors (Lipinski definition) is 1. The van der Waals surface area contributed by atoms with Crippen LogP contribution in [0.3, 0.4) is 0 Å². The number of hydrogen-bond acceptors (Lipinski definition) is 6. The fraction of sp³-hybridized carbons (Fsp3) is 0.158. The minimum atomic E-state index is -0.567. The zero-order chi connectivity index (χ0) is 20.3. The number of ether oxygens (including phenoxy) is 1. The third-order valence-corrected chi connectivity index (χ3v) is 4.12. The number of Topliss-reactive ketones (excluding diaryl/α,β-unsaturated/α-hetero) is 1. The second kappa shape index (κ2) is 8.18. The van der Waals surface area contributed by atoms with E-state index in [9.17, 15) is 14.0 Å². The van der Waals surface area contributed by atoms with Crippen molar-refractivity contribution in [1.82, 2.24) is 15.5 Å². The lowest BCUT2D eigenvalue weighted by atomic mass is 10.1.